The van der Waals surface area contributed by atoms with E-state index in [1.54, 1.807) is 29.1 Å². The highest BCUT2D eigenvalue weighted by Gasteiger charge is 2.41. The molecule has 6 heteroatoms. The van der Waals surface area contributed by atoms with Gasteiger partial charge >= 0.3 is 0 Å². The summed E-state index contributed by atoms with van der Waals surface area (Å²) in [5, 5.41) is -0.234. The average Bonchev–Trinajstić information content (AvgIpc) is 2.75. The van der Waals surface area contributed by atoms with Crippen molar-refractivity contribution in [3.63, 3.8) is 0 Å². The van der Waals surface area contributed by atoms with E-state index in [-0.39, 0.29) is 16.5 Å². The van der Waals surface area contributed by atoms with Gasteiger partial charge < -0.3 is 0 Å². The second-order valence-electron chi connectivity index (χ2n) is 5.08. The number of carbonyl (C=O) groups excluding carboxylic acids is 1. The van der Waals surface area contributed by atoms with E-state index in [4.69, 9.17) is 0 Å². The molecular formula is C15H16N4OS. The van der Waals surface area contributed by atoms with Crippen LogP contribution in [0.4, 0.5) is 5.95 Å². The first-order chi connectivity index (χ1) is 10.1. The molecule has 2 aromatic rings. The molecule has 0 aliphatic carbocycles. The maximum Gasteiger partial charge on any atom is 0.243 e. The summed E-state index contributed by atoms with van der Waals surface area (Å²) in [5.41, 5.74) is 2.71. The van der Waals surface area contributed by atoms with Gasteiger partial charge in [-0.3, -0.25) is 14.7 Å². The molecule has 1 saturated heterocycles. The van der Waals surface area contributed by atoms with Gasteiger partial charge in [-0.15, -0.1) is 11.8 Å². The summed E-state index contributed by atoms with van der Waals surface area (Å²) in [6.07, 6.45) is 3.52. The fourth-order valence-corrected chi connectivity index (χ4v) is 3.63. The molecule has 21 heavy (non-hydrogen) atoms. The number of aromatic nitrogens is 3. The standard InChI is InChI=1S/C15H16N4OS/c1-9-7-10(2)18-15(17-9)19-13(20)11(3)21-14(19)12-5-4-6-16-8-12/h4-8,11,14H,1-3H3. The van der Waals surface area contributed by atoms with E-state index in [9.17, 15) is 4.79 Å². The lowest BCUT2D eigenvalue weighted by atomic mass is 10.2. The van der Waals surface area contributed by atoms with Crippen LogP contribution < -0.4 is 4.90 Å². The molecule has 1 aliphatic rings. The van der Waals surface area contributed by atoms with E-state index < -0.39 is 0 Å². The molecule has 0 bridgehead atoms. The Balaban J connectivity index is 2.06. The van der Waals surface area contributed by atoms with Crippen molar-refractivity contribution >= 4 is 23.6 Å². The molecule has 1 aliphatic heterocycles. The van der Waals surface area contributed by atoms with Crippen molar-refractivity contribution in [1.82, 2.24) is 15.0 Å². The second-order valence-corrected chi connectivity index (χ2v) is 6.50. The van der Waals surface area contributed by atoms with Crippen LogP contribution in [0.1, 0.15) is 29.2 Å². The minimum atomic E-state index is -0.123. The van der Waals surface area contributed by atoms with Crippen molar-refractivity contribution in [2.75, 3.05) is 4.90 Å². The van der Waals surface area contributed by atoms with Gasteiger partial charge in [0.05, 0.1) is 5.25 Å². The van der Waals surface area contributed by atoms with Crippen molar-refractivity contribution in [2.24, 2.45) is 0 Å². The average molecular weight is 300 g/mol. The summed E-state index contributed by atoms with van der Waals surface area (Å²) in [6, 6.07) is 5.76. The molecule has 2 atom stereocenters. The van der Waals surface area contributed by atoms with Crippen LogP contribution >= 0.6 is 11.8 Å². The van der Waals surface area contributed by atoms with Gasteiger partial charge in [0, 0.05) is 29.3 Å². The summed E-state index contributed by atoms with van der Waals surface area (Å²) >= 11 is 1.60. The van der Waals surface area contributed by atoms with E-state index in [1.165, 1.54) is 0 Å². The Morgan fingerprint density at radius 1 is 1.24 bits per heavy atom. The zero-order valence-corrected chi connectivity index (χ0v) is 13.0. The van der Waals surface area contributed by atoms with Gasteiger partial charge in [0.25, 0.3) is 0 Å². The summed E-state index contributed by atoms with van der Waals surface area (Å²) in [5.74, 6) is 0.516. The number of hydrogen-bond acceptors (Lipinski definition) is 5. The monoisotopic (exact) mass is 300 g/mol. The number of amides is 1. The van der Waals surface area contributed by atoms with Gasteiger partial charge in [-0.05, 0) is 32.9 Å². The highest BCUT2D eigenvalue weighted by molar-refractivity contribution is 8.01. The third-order valence-electron chi connectivity index (χ3n) is 3.31. The van der Waals surface area contributed by atoms with Gasteiger partial charge in [-0.25, -0.2) is 9.97 Å². The molecule has 0 radical (unpaired) electrons. The van der Waals surface area contributed by atoms with Crippen molar-refractivity contribution in [3.05, 3.63) is 47.5 Å². The Hall–Kier alpha value is -1.95. The molecular weight excluding hydrogens is 284 g/mol. The SMILES string of the molecule is Cc1cc(C)nc(N2C(=O)C(C)SC2c2cccnc2)n1. The minimum absolute atomic E-state index is 0.0406. The van der Waals surface area contributed by atoms with Gasteiger partial charge in [-0.2, -0.15) is 0 Å². The maximum absolute atomic E-state index is 12.5. The lowest BCUT2D eigenvalue weighted by Gasteiger charge is -2.22. The van der Waals surface area contributed by atoms with Crippen molar-refractivity contribution < 1.29 is 4.79 Å². The number of carbonyl (C=O) groups is 1. The smallest absolute Gasteiger partial charge is 0.243 e. The molecule has 0 N–H and O–H groups in total. The van der Waals surface area contributed by atoms with Crippen molar-refractivity contribution in [2.45, 2.75) is 31.4 Å². The molecule has 1 fully saturated rings. The molecule has 5 nitrogen and oxygen atoms in total. The molecule has 3 heterocycles. The summed E-state index contributed by atoms with van der Waals surface area (Å²) in [6.45, 7) is 5.74. The fourth-order valence-electron chi connectivity index (χ4n) is 2.39. The maximum atomic E-state index is 12.5. The zero-order chi connectivity index (χ0) is 15.0. The minimum Gasteiger partial charge on any atom is -0.273 e. The van der Waals surface area contributed by atoms with Gasteiger partial charge in [0.2, 0.25) is 11.9 Å². The number of thioether (sulfide) groups is 1. The van der Waals surface area contributed by atoms with Crippen LogP contribution in [0.5, 0.6) is 0 Å². The van der Waals surface area contributed by atoms with Crippen LogP contribution in [0.25, 0.3) is 0 Å². The summed E-state index contributed by atoms with van der Waals surface area (Å²) in [4.78, 5) is 27.2. The predicted octanol–water partition coefficient (Wildman–Crippen LogP) is 2.66. The number of hydrogen-bond donors (Lipinski definition) is 0. The Bertz CT molecular complexity index is 656. The summed E-state index contributed by atoms with van der Waals surface area (Å²) in [7, 11) is 0. The third kappa shape index (κ3) is 2.63. The van der Waals surface area contributed by atoms with E-state index >= 15 is 0 Å². The molecule has 108 valence electrons. The quantitative estimate of drug-likeness (QED) is 0.853. The largest absolute Gasteiger partial charge is 0.273 e. The predicted molar refractivity (Wildman–Crippen MR) is 83.0 cm³/mol. The van der Waals surface area contributed by atoms with E-state index in [0.29, 0.717) is 5.95 Å². The molecule has 2 unspecified atom stereocenters. The van der Waals surface area contributed by atoms with Gasteiger partial charge in [-0.1, -0.05) is 6.07 Å². The highest BCUT2D eigenvalue weighted by atomic mass is 32.2. The van der Waals surface area contributed by atoms with E-state index in [2.05, 4.69) is 15.0 Å². The molecule has 0 aromatic carbocycles. The first-order valence-electron chi connectivity index (χ1n) is 6.77. The number of nitrogens with zero attached hydrogens (tertiary/aromatic N) is 4. The number of anilines is 1. The van der Waals surface area contributed by atoms with Crippen molar-refractivity contribution in [3.8, 4) is 0 Å². The lowest BCUT2D eigenvalue weighted by Crippen LogP contribution is -2.32. The molecule has 0 saturated carbocycles. The molecule has 1 amide bonds. The summed E-state index contributed by atoms with van der Waals surface area (Å²) < 4.78 is 0. The van der Waals surface area contributed by atoms with Crippen LogP contribution in [-0.4, -0.2) is 26.1 Å². The molecule has 2 aromatic heterocycles. The normalized spacial score (nSPS) is 21.9. The first kappa shape index (κ1) is 14.0. The Morgan fingerprint density at radius 2 is 1.95 bits per heavy atom. The Kier molecular flexibility index (Phi) is 3.63. The Morgan fingerprint density at radius 3 is 2.57 bits per heavy atom. The third-order valence-corrected chi connectivity index (χ3v) is 4.66. The van der Waals surface area contributed by atoms with Crippen LogP contribution in [-0.2, 0) is 4.79 Å². The number of aryl methyl sites for hydroxylation is 2. The van der Waals surface area contributed by atoms with Crippen LogP contribution in [0.3, 0.4) is 0 Å². The van der Waals surface area contributed by atoms with Gasteiger partial charge in [0.1, 0.15) is 5.37 Å². The molecule has 3 rings (SSSR count). The highest BCUT2D eigenvalue weighted by Crippen LogP contribution is 2.44. The van der Waals surface area contributed by atoms with E-state index in [0.717, 1.165) is 17.0 Å². The lowest BCUT2D eigenvalue weighted by molar-refractivity contribution is -0.117. The number of rotatable bonds is 2. The van der Waals surface area contributed by atoms with Crippen LogP contribution in [0.2, 0.25) is 0 Å². The van der Waals surface area contributed by atoms with Crippen LogP contribution in [0.15, 0.2) is 30.6 Å². The number of pyridine rings is 1. The zero-order valence-electron chi connectivity index (χ0n) is 12.1. The van der Waals surface area contributed by atoms with Crippen molar-refractivity contribution in [1.29, 1.82) is 0 Å². The van der Waals surface area contributed by atoms with E-state index in [1.807, 2.05) is 39.0 Å². The second kappa shape index (κ2) is 5.44. The molecule has 0 spiro atoms. The van der Waals surface area contributed by atoms with Crippen LogP contribution in [0, 0.1) is 13.8 Å². The fraction of sp³-hybridized carbons (Fsp3) is 0.333. The first-order valence-corrected chi connectivity index (χ1v) is 7.71. The topological polar surface area (TPSA) is 59.0 Å². The van der Waals surface area contributed by atoms with Gasteiger partial charge in [0.15, 0.2) is 0 Å². The Labute approximate surface area is 127 Å².